The molecule has 0 aliphatic rings. The number of rotatable bonds is 4. The first-order valence-electron chi connectivity index (χ1n) is 7.67. The van der Waals surface area contributed by atoms with Gasteiger partial charge in [-0.3, -0.25) is 4.98 Å². The highest BCUT2D eigenvalue weighted by atomic mass is 32.2. The predicted octanol–water partition coefficient (Wildman–Crippen LogP) is 5.34. The van der Waals surface area contributed by atoms with Crippen LogP contribution in [0.1, 0.15) is 18.1 Å². The third kappa shape index (κ3) is 4.26. The molecule has 28 heavy (non-hydrogen) atoms. The van der Waals surface area contributed by atoms with Gasteiger partial charge in [0.05, 0.1) is 11.1 Å². The Labute approximate surface area is 158 Å². The number of alkyl halides is 6. The average Bonchev–Trinajstić information content (AvgIpc) is 3.10. The lowest BCUT2D eigenvalue weighted by atomic mass is 10.2. The molecule has 3 rings (SSSR count). The van der Waals surface area contributed by atoms with E-state index in [2.05, 4.69) is 20.2 Å². The molecule has 12 heteroatoms. The van der Waals surface area contributed by atoms with Gasteiger partial charge >= 0.3 is 12.4 Å². The van der Waals surface area contributed by atoms with E-state index in [1.165, 1.54) is 0 Å². The van der Waals surface area contributed by atoms with Crippen molar-refractivity contribution in [2.24, 2.45) is 0 Å². The molecule has 3 aromatic rings. The number of nitrogens with zero attached hydrogens (tertiary/aromatic N) is 4. The molecule has 0 aliphatic carbocycles. The maximum Gasteiger partial charge on any atom is 0.417 e. The molecule has 0 spiro atoms. The number of thioether (sulfide) groups is 1. The zero-order valence-corrected chi connectivity index (χ0v) is 14.8. The zero-order chi connectivity index (χ0) is 20.5. The third-order valence-corrected chi connectivity index (χ3v) is 4.32. The summed E-state index contributed by atoms with van der Waals surface area (Å²) in [5.41, 5.74) is -2.10. The molecule has 0 unspecified atom stereocenters. The van der Waals surface area contributed by atoms with Crippen LogP contribution in [-0.4, -0.2) is 25.9 Å². The fourth-order valence-electron chi connectivity index (χ4n) is 2.17. The second-order valence-corrected chi connectivity index (χ2v) is 6.65. The van der Waals surface area contributed by atoms with Crippen LogP contribution in [0.4, 0.5) is 26.3 Å². The Balaban J connectivity index is 2.00. The topological polar surface area (TPSA) is 64.7 Å². The summed E-state index contributed by atoms with van der Waals surface area (Å²) >= 11 is 1.08. The van der Waals surface area contributed by atoms with Crippen molar-refractivity contribution in [2.45, 2.75) is 24.2 Å². The van der Waals surface area contributed by atoms with Crippen LogP contribution in [0, 0.1) is 0 Å². The lowest BCUT2D eigenvalue weighted by molar-refractivity contribution is -0.138. The van der Waals surface area contributed by atoms with Crippen LogP contribution >= 0.6 is 11.8 Å². The molecule has 5 nitrogen and oxygen atoms in total. The molecular formula is C16H10F6N4OS. The van der Waals surface area contributed by atoms with Gasteiger partial charge in [0.2, 0.25) is 0 Å². The summed E-state index contributed by atoms with van der Waals surface area (Å²) in [6, 6.07) is 2.43. The van der Waals surface area contributed by atoms with E-state index >= 15 is 0 Å². The van der Waals surface area contributed by atoms with Gasteiger partial charge in [-0.2, -0.15) is 26.3 Å². The van der Waals surface area contributed by atoms with Crippen LogP contribution < -0.4 is 0 Å². The zero-order valence-electron chi connectivity index (χ0n) is 14.0. The summed E-state index contributed by atoms with van der Waals surface area (Å²) in [5, 5.41) is 7.33. The number of pyridine rings is 2. The molecule has 0 N–H and O–H groups in total. The normalized spacial score (nSPS) is 12.4. The maximum absolute atomic E-state index is 12.9. The summed E-state index contributed by atoms with van der Waals surface area (Å²) in [5.74, 6) is -0.0826. The van der Waals surface area contributed by atoms with Gasteiger partial charge < -0.3 is 4.42 Å². The summed E-state index contributed by atoms with van der Waals surface area (Å²) in [6.07, 6.45) is -7.59. The number of aromatic nitrogens is 4. The first-order chi connectivity index (χ1) is 13.1. The average molecular weight is 420 g/mol. The highest BCUT2D eigenvalue weighted by molar-refractivity contribution is 7.99. The minimum absolute atomic E-state index is 0.00516. The molecule has 0 amide bonds. The quantitative estimate of drug-likeness (QED) is 0.419. The van der Waals surface area contributed by atoms with Crippen LogP contribution in [-0.2, 0) is 12.4 Å². The fourth-order valence-corrected chi connectivity index (χ4v) is 2.97. The van der Waals surface area contributed by atoms with Crippen LogP contribution in [0.25, 0.3) is 23.2 Å². The van der Waals surface area contributed by atoms with Crippen molar-refractivity contribution in [3.63, 3.8) is 0 Å². The van der Waals surface area contributed by atoms with E-state index in [4.69, 9.17) is 4.42 Å². The Morgan fingerprint density at radius 1 is 0.929 bits per heavy atom. The maximum atomic E-state index is 12.9. The Morgan fingerprint density at radius 2 is 1.61 bits per heavy atom. The molecule has 148 valence electrons. The number of hydrogen-bond donors (Lipinski definition) is 0. The van der Waals surface area contributed by atoms with Crippen LogP contribution in [0.3, 0.4) is 0 Å². The Kier molecular flexibility index (Phi) is 5.33. The third-order valence-electron chi connectivity index (χ3n) is 3.41. The first kappa shape index (κ1) is 20.1. The highest BCUT2D eigenvalue weighted by Gasteiger charge is 2.33. The van der Waals surface area contributed by atoms with Crippen molar-refractivity contribution in [3.8, 4) is 23.2 Å². The number of hydrogen-bond acceptors (Lipinski definition) is 6. The smallest absolute Gasteiger partial charge is 0.413 e. The Hall–Kier alpha value is -2.63. The summed E-state index contributed by atoms with van der Waals surface area (Å²) < 4.78 is 82.5. The molecule has 0 radical (unpaired) electrons. The van der Waals surface area contributed by atoms with Crippen molar-refractivity contribution >= 4 is 11.8 Å². The van der Waals surface area contributed by atoms with Gasteiger partial charge in [0, 0.05) is 17.3 Å². The molecule has 0 saturated heterocycles. The van der Waals surface area contributed by atoms with E-state index < -0.39 is 23.5 Å². The van der Waals surface area contributed by atoms with Crippen molar-refractivity contribution in [3.05, 3.63) is 41.7 Å². The second kappa shape index (κ2) is 7.41. The lowest BCUT2D eigenvalue weighted by Crippen LogP contribution is -2.06. The van der Waals surface area contributed by atoms with Gasteiger partial charge in [-0.1, -0.05) is 6.92 Å². The lowest BCUT2D eigenvalue weighted by Gasteiger charge is -2.10. The van der Waals surface area contributed by atoms with Crippen molar-refractivity contribution in [2.75, 3.05) is 5.75 Å². The van der Waals surface area contributed by atoms with Gasteiger partial charge in [-0.05, 0) is 24.0 Å². The summed E-state index contributed by atoms with van der Waals surface area (Å²) in [6.45, 7) is 1.74. The van der Waals surface area contributed by atoms with Gasteiger partial charge in [-0.25, -0.2) is 4.98 Å². The standard InChI is InChI=1S/C16H10F6N4OS/c1-2-28-11-6-9(16(20,21)22)7-24-12(11)14-26-25-13(27-14)10-5-8(3-4-23-10)15(17,18)19/h3-7H,2H2,1H3. The molecule has 3 aromatic heterocycles. The van der Waals surface area contributed by atoms with Crippen LogP contribution in [0.5, 0.6) is 0 Å². The molecule has 0 saturated carbocycles. The minimum Gasteiger partial charge on any atom is -0.413 e. The molecule has 0 aromatic carbocycles. The molecule has 0 aliphatic heterocycles. The van der Waals surface area contributed by atoms with E-state index in [1.54, 1.807) is 6.92 Å². The Morgan fingerprint density at radius 3 is 2.25 bits per heavy atom. The van der Waals surface area contributed by atoms with Gasteiger partial charge in [-0.15, -0.1) is 22.0 Å². The first-order valence-corrected chi connectivity index (χ1v) is 8.65. The van der Waals surface area contributed by atoms with Crippen LogP contribution in [0.2, 0.25) is 0 Å². The summed E-state index contributed by atoms with van der Waals surface area (Å²) in [7, 11) is 0. The van der Waals surface area contributed by atoms with E-state index in [1.807, 2.05) is 0 Å². The monoisotopic (exact) mass is 420 g/mol. The number of halogens is 6. The SMILES string of the molecule is CCSc1cc(C(F)(F)F)cnc1-c1nnc(-c2cc(C(F)(F)F)ccn2)o1. The highest BCUT2D eigenvalue weighted by Crippen LogP contribution is 2.36. The Bertz CT molecular complexity index is 986. The van der Waals surface area contributed by atoms with Gasteiger partial charge in [0.25, 0.3) is 11.8 Å². The molecule has 3 heterocycles. The minimum atomic E-state index is -4.58. The molecule has 0 bridgehead atoms. The van der Waals surface area contributed by atoms with Crippen LogP contribution in [0.15, 0.2) is 39.9 Å². The molecular weight excluding hydrogens is 410 g/mol. The molecule has 0 atom stereocenters. The van der Waals surface area contributed by atoms with Crippen molar-refractivity contribution in [1.29, 1.82) is 0 Å². The van der Waals surface area contributed by atoms with E-state index in [0.29, 0.717) is 11.9 Å². The predicted molar refractivity (Wildman–Crippen MR) is 87.2 cm³/mol. The van der Waals surface area contributed by atoms with E-state index in [-0.39, 0.29) is 28.1 Å². The van der Waals surface area contributed by atoms with Crippen molar-refractivity contribution in [1.82, 2.24) is 20.2 Å². The van der Waals surface area contributed by atoms with E-state index in [9.17, 15) is 26.3 Å². The molecule has 0 fully saturated rings. The van der Waals surface area contributed by atoms with Gasteiger partial charge in [0.1, 0.15) is 11.4 Å². The fraction of sp³-hybridized carbons (Fsp3) is 0.250. The largest absolute Gasteiger partial charge is 0.417 e. The van der Waals surface area contributed by atoms with Crippen molar-refractivity contribution < 1.29 is 30.8 Å². The van der Waals surface area contributed by atoms with Gasteiger partial charge in [0.15, 0.2) is 0 Å². The summed E-state index contributed by atoms with van der Waals surface area (Å²) in [4.78, 5) is 7.68. The second-order valence-electron chi connectivity index (χ2n) is 5.34. The van der Waals surface area contributed by atoms with E-state index in [0.717, 1.165) is 36.2 Å².